The predicted octanol–water partition coefficient (Wildman–Crippen LogP) is 4.00. The molecule has 0 aliphatic carbocycles. The van der Waals surface area contributed by atoms with E-state index in [1.54, 1.807) is 0 Å². The molecule has 6 heteroatoms. The highest BCUT2D eigenvalue weighted by molar-refractivity contribution is 7.99. The fourth-order valence-electron chi connectivity index (χ4n) is 2.69. The molecule has 1 amide bonds. The number of unbranched alkanes of at least 4 members (excludes halogenated alkanes) is 1. The van der Waals surface area contributed by atoms with E-state index in [0.29, 0.717) is 5.16 Å². The molecule has 3 aromatic rings. The number of nitrogens with zero attached hydrogens (tertiary/aromatic N) is 1. The van der Waals surface area contributed by atoms with E-state index in [9.17, 15) is 9.59 Å². The molecule has 2 aromatic carbocycles. The van der Waals surface area contributed by atoms with E-state index in [-0.39, 0.29) is 17.2 Å². The lowest BCUT2D eigenvalue weighted by molar-refractivity contribution is -0.113. The minimum atomic E-state index is -0.178. The van der Waals surface area contributed by atoms with Gasteiger partial charge in [0.2, 0.25) is 5.91 Å². The predicted molar refractivity (Wildman–Crippen MR) is 107 cm³/mol. The molecule has 134 valence electrons. The van der Waals surface area contributed by atoms with Crippen molar-refractivity contribution in [1.82, 2.24) is 9.97 Å². The molecule has 0 spiro atoms. The Morgan fingerprint density at radius 1 is 1.19 bits per heavy atom. The Morgan fingerprint density at radius 3 is 2.85 bits per heavy atom. The first kappa shape index (κ1) is 18.2. The van der Waals surface area contributed by atoms with Crippen molar-refractivity contribution < 1.29 is 4.79 Å². The Hall–Kier alpha value is -2.60. The summed E-state index contributed by atoms with van der Waals surface area (Å²) in [6.07, 6.45) is 2.81. The van der Waals surface area contributed by atoms with E-state index in [1.165, 1.54) is 17.8 Å². The number of aryl methyl sites for hydroxylation is 1. The highest BCUT2D eigenvalue weighted by Crippen LogP contribution is 2.23. The second-order valence-electron chi connectivity index (χ2n) is 6.01. The Labute approximate surface area is 156 Å². The van der Waals surface area contributed by atoms with E-state index in [1.807, 2.05) is 42.5 Å². The fourth-order valence-corrected chi connectivity index (χ4v) is 3.39. The van der Waals surface area contributed by atoms with Gasteiger partial charge in [0.05, 0.1) is 5.75 Å². The van der Waals surface area contributed by atoms with Crippen molar-refractivity contribution >= 4 is 34.1 Å². The van der Waals surface area contributed by atoms with Crippen LogP contribution in [-0.4, -0.2) is 21.6 Å². The summed E-state index contributed by atoms with van der Waals surface area (Å²) in [7, 11) is 0. The van der Waals surface area contributed by atoms with Gasteiger partial charge in [-0.2, -0.15) is 0 Å². The first-order valence-electron chi connectivity index (χ1n) is 8.66. The molecule has 1 heterocycles. The van der Waals surface area contributed by atoms with Crippen LogP contribution in [-0.2, 0) is 11.2 Å². The van der Waals surface area contributed by atoms with Crippen LogP contribution >= 0.6 is 11.8 Å². The Kier molecular flexibility index (Phi) is 6.07. The number of carbonyl (C=O) groups is 1. The summed E-state index contributed by atoms with van der Waals surface area (Å²) in [4.78, 5) is 31.2. The maximum atomic E-state index is 12.3. The number of aromatic amines is 1. The number of fused-ring (bicyclic) bond motifs is 1. The molecule has 0 aliphatic rings. The number of carbonyl (C=O) groups excluding carboxylic acids is 1. The lowest BCUT2D eigenvalue weighted by atomic mass is 10.1. The topological polar surface area (TPSA) is 74.8 Å². The molecule has 1 aromatic heterocycles. The number of anilines is 1. The number of benzene rings is 2. The van der Waals surface area contributed by atoms with Crippen LogP contribution < -0.4 is 10.9 Å². The van der Waals surface area contributed by atoms with Gasteiger partial charge in [-0.1, -0.05) is 61.5 Å². The highest BCUT2D eigenvalue weighted by Gasteiger charge is 2.08. The number of nitrogens with one attached hydrogen (secondary N) is 2. The van der Waals surface area contributed by atoms with Crippen molar-refractivity contribution in [1.29, 1.82) is 0 Å². The largest absolute Gasteiger partial charge is 0.325 e. The maximum absolute atomic E-state index is 12.3. The molecule has 0 bridgehead atoms. The second kappa shape index (κ2) is 8.67. The average Bonchev–Trinajstić information content (AvgIpc) is 2.65. The van der Waals surface area contributed by atoms with E-state index in [4.69, 9.17) is 0 Å². The van der Waals surface area contributed by atoms with Crippen molar-refractivity contribution in [2.75, 3.05) is 11.1 Å². The van der Waals surface area contributed by atoms with E-state index < -0.39 is 0 Å². The summed E-state index contributed by atoms with van der Waals surface area (Å²) < 4.78 is 0. The molecule has 5 nitrogen and oxygen atoms in total. The minimum absolute atomic E-state index is 0.132. The molecular formula is C20H21N3O2S. The van der Waals surface area contributed by atoms with E-state index in [0.717, 1.165) is 41.4 Å². The molecule has 0 saturated heterocycles. The lowest BCUT2D eigenvalue weighted by Crippen LogP contribution is -2.16. The first-order chi connectivity index (χ1) is 12.7. The number of thioether (sulfide) groups is 1. The van der Waals surface area contributed by atoms with Crippen LogP contribution in [0.3, 0.4) is 0 Å². The smallest absolute Gasteiger partial charge is 0.251 e. The highest BCUT2D eigenvalue weighted by atomic mass is 32.2. The number of amides is 1. The number of hydrogen-bond acceptors (Lipinski definition) is 4. The van der Waals surface area contributed by atoms with Gasteiger partial charge >= 0.3 is 0 Å². The number of H-pyrrole nitrogens is 1. The van der Waals surface area contributed by atoms with Gasteiger partial charge in [0.25, 0.3) is 5.56 Å². The Morgan fingerprint density at radius 2 is 2.00 bits per heavy atom. The third-order valence-corrected chi connectivity index (χ3v) is 4.84. The van der Waals surface area contributed by atoms with Crippen LogP contribution in [0.1, 0.15) is 25.5 Å². The van der Waals surface area contributed by atoms with Gasteiger partial charge in [0, 0.05) is 22.8 Å². The van der Waals surface area contributed by atoms with Crippen molar-refractivity contribution in [3.05, 3.63) is 64.6 Å². The molecule has 0 saturated carbocycles. The molecule has 0 radical (unpaired) electrons. The molecule has 3 rings (SSSR count). The van der Waals surface area contributed by atoms with Crippen molar-refractivity contribution in [3.8, 4) is 0 Å². The molecule has 2 N–H and O–H groups in total. The quantitative estimate of drug-likeness (QED) is 0.489. The van der Waals surface area contributed by atoms with Gasteiger partial charge in [0.1, 0.15) is 0 Å². The summed E-state index contributed by atoms with van der Waals surface area (Å²) >= 11 is 1.24. The standard InChI is InChI=1S/C20H21N3O2S/c1-2-3-9-15-12-18(24)23-20(21-15)26-13-19(25)22-17-11-6-8-14-7-4-5-10-16(14)17/h4-8,10-12H,2-3,9,13H2,1H3,(H,22,25)(H,21,23,24). The molecule has 26 heavy (non-hydrogen) atoms. The molecule has 0 fully saturated rings. The van der Waals surface area contributed by atoms with Crippen molar-refractivity contribution in [2.24, 2.45) is 0 Å². The van der Waals surface area contributed by atoms with Crippen molar-refractivity contribution in [2.45, 2.75) is 31.3 Å². The lowest BCUT2D eigenvalue weighted by Gasteiger charge is -2.08. The Bertz CT molecular complexity index is 963. The summed E-state index contributed by atoms with van der Waals surface area (Å²) in [5.74, 6) is 0.0524. The van der Waals surface area contributed by atoms with Gasteiger partial charge in [-0.15, -0.1) is 0 Å². The van der Waals surface area contributed by atoms with Crippen LogP contribution in [0.4, 0.5) is 5.69 Å². The summed E-state index contributed by atoms with van der Waals surface area (Å²) in [6.45, 7) is 2.10. The zero-order chi connectivity index (χ0) is 18.4. The first-order valence-corrected chi connectivity index (χ1v) is 9.65. The third-order valence-electron chi connectivity index (χ3n) is 3.96. The minimum Gasteiger partial charge on any atom is -0.325 e. The fraction of sp³-hybridized carbons (Fsp3) is 0.250. The van der Waals surface area contributed by atoms with Gasteiger partial charge in [-0.05, 0) is 24.3 Å². The second-order valence-corrected chi connectivity index (χ2v) is 6.97. The van der Waals surface area contributed by atoms with Crippen molar-refractivity contribution in [3.63, 3.8) is 0 Å². The molecule has 0 unspecified atom stereocenters. The summed E-state index contributed by atoms with van der Waals surface area (Å²) in [5.41, 5.74) is 1.38. The number of hydrogen-bond donors (Lipinski definition) is 2. The molecule has 0 aliphatic heterocycles. The molecular weight excluding hydrogens is 346 g/mol. The molecule has 0 atom stereocenters. The SMILES string of the molecule is CCCCc1cc(=O)[nH]c(SCC(=O)Nc2cccc3ccccc23)n1. The van der Waals surface area contributed by atoms with Crippen LogP contribution in [0, 0.1) is 0 Å². The zero-order valence-electron chi connectivity index (χ0n) is 14.6. The van der Waals surface area contributed by atoms with Gasteiger partial charge in [0.15, 0.2) is 5.16 Å². The van der Waals surface area contributed by atoms with Crippen LogP contribution in [0.5, 0.6) is 0 Å². The summed E-state index contributed by atoms with van der Waals surface area (Å²) in [6, 6.07) is 15.2. The van der Waals surface area contributed by atoms with E-state index >= 15 is 0 Å². The normalized spacial score (nSPS) is 10.8. The van der Waals surface area contributed by atoms with Gasteiger partial charge in [-0.3, -0.25) is 9.59 Å². The number of aromatic nitrogens is 2. The summed E-state index contributed by atoms with van der Waals surface area (Å²) in [5, 5.41) is 5.50. The van der Waals surface area contributed by atoms with E-state index in [2.05, 4.69) is 22.2 Å². The maximum Gasteiger partial charge on any atom is 0.251 e. The van der Waals surface area contributed by atoms with Gasteiger partial charge in [-0.25, -0.2) is 4.98 Å². The number of rotatable bonds is 7. The van der Waals surface area contributed by atoms with Crippen LogP contribution in [0.25, 0.3) is 10.8 Å². The van der Waals surface area contributed by atoms with Crippen LogP contribution in [0.15, 0.2) is 58.5 Å². The van der Waals surface area contributed by atoms with Crippen LogP contribution in [0.2, 0.25) is 0 Å². The average molecular weight is 367 g/mol. The van der Waals surface area contributed by atoms with Gasteiger partial charge < -0.3 is 10.3 Å². The Balaban J connectivity index is 1.65. The third kappa shape index (κ3) is 4.73. The monoisotopic (exact) mass is 367 g/mol. The zero-order valence-corrected chi connectivity index (χ0v) is 15.4.